The van der Waals surface area contributed by atoms with E-state index in [1.54, 1.807) is 12.3 Å². The number of nitrogens with two attached hydrogens (primary N) is 1. The second-order valence-electron chi connectivity index (χ2n) is 8.96. The fourth-order valence-corrected chi connectivity index (χ4v) is 5.93. The Morgan fingerprint density at radius 2 is 2.05 bits per heavy atom. The Kier molecular flexibility index (Phi) is 6.55. The van der Waals surface area contributed by atoms with Gasteiger partial charge in [-0.1, -0.05) is 18.2 Å². The molecule has 0 radical (unpaired) electrons. The first-order chi connectivity index (χ1) is 17.4. The molecule has 2 aliphatic heterocycles. The van der Waals surface area contributed by atoms with Gasteiger partial charge >= 0.3 is 14.0 Å². The topological polar surface area (TPSA) is 151 Å². The number of phosphoric ester groups is 1. The number of anilines is 1. The molecule has 0 spiro atoms. The number of hydrogen-bond donors (Lipinski definition) is 3. The minimum atomic E-state index is -4.64. The quantitative estimate of drug-likeness (QED) is 0.408. The molecule has 6 atom stereocenters. The third-order valence-corrected chi connectivity index (χ3v) is 7.92. The summed E-state index contributed by atoms with van der Waals surface area (Å²) in [7, 11) is -4.34. The molecular formula is C22H24F3N4O7P. The minimum Gasteiger partial charge on any atom is -0.387 e. The fraction of sp³-hybridized carbons (Fsp3) is 0.455. The van der Waals surface area contributed by atoms with Gasteiger partial charge in [-0.2, -0.15) is 13.2 Å². The van der Waals surface area contributed by atoms with E-state index in [-0.39, 0.29) is 24.4 Å². The molecule has 2 saturated heterocycles. The Hall–Kier alpha value is -2.58. The number of nitrogens with zero attached hydrogens (tertiary/aromatic N) is 3. The summed E-state index contributed by atoms with van der Waals surface area (Å²) >= 11 is 0. The number of benzene rings is 1. The Labute approximate surface area is 208 Å². The first-order valence-corrected chi connectivity index (χ1v) is 12.7. The number of rotatable bonds is 5. The number of alkyl halides is 3. The monoisotopic (exact) mass is 544 g/mol. The number of nitrogen functional groups attached to an aromatic ring is 1. The smallest absolute Gasteiger partial charge is 0.387 e. The van der Waals surface area contributed by atoms with Crippen molar-refractivity contribution in [2.45, 2.75) is 49.7 Å². The zero-order valence-electron chi connectivity index (χ0n) is 19.4. The van der Waals surface area contributed by atoms with Gasteiger partial charge in [0.2, 0.25) is 0 Å². The molecule has 2 fully saturated rings. The highest BCUT2D eigenvalue weighted by Gasteiger charge is 2.54. The SMILES string of the molecule is C[C@@]1(O)[C@H](O)[C@@H](COP2(=O)OCC[C@H](c3ccccc3C(F)(F)F)O2)O[C@H]1n1ccc2c(N)ncnc21. The van der Waals surface area contributed by atoms with Gasteiger partial charge in [0.1, 0.15) is 35.6 Å². The summed E-state index contributed by atoms with van der Waals surface area (Å²) in [5.74, 6) is 0.216. The highest BCUT2D eigenvalue weighted by Crippen LogP contribution is 2.58. The Morgan fingerprint density at radius 1 is 1.30 bits per heavy atom. The number of fused-ring (bicyclic) bond motifs is 1. The van der Waals surface area contributed by atoms with E-state index in [1.165, 1.54) is 36.0 Å². The van der Waals surface area contributed by atoms with Crippen molar-refractivity contribution >= 4 is 24.7 Å². The van der Waals surface area contributed by atoms with Crippen LogP contribution in [-0.2, 0) is 29.0 Å². The van der Waals surface area contributed by atoms with Crippen molar-refractivity contribution in [2.75, 3.05) is 18.9 Å². The van der Waals surface area contributed by atoms with Gasteiger partial charge < -0.3 is 25.3 Å². The van der Waals surface area contributed by atoms with E-state index in [4.69, 9.17) is 24.0 Å². The predicted molar refractivity (Wildman–Crippen MR) is 122 cm³/mol. The van der Waals surface area contributed by atoms with Crippen molar-refractivity contribution in [3.8, 4) is 0 Å². The molecule has 4 heterocycles. The molecule has 0 aliphatic carbocycles. The molecular weight excluding hydrogens is 520 g/mol. The first kappa shape index (κ1) is 26.0. The number of ether oxygens (including phenoxy) is 1. The van der Waals surface area contributed by atoms with Crippen LogP contribution < -0.4 is 5.73 Å². The Morgan fingerprint density at radius 3 is 2.81 bits per heavy atom. The molecule has 1 unspecified atom stereocenters. The van der Waals surface area contributed by atoms with Crippen LogP contribution in [0.15, 0.2) is 42.9 Å². The molecule has 37 heavy (non-hydrogen) atoms. The average molecular weight is 544 g/mol. The lowest BCUT2D eigenvalue weighted by Crippen LogP contribution is -2.44. The Bertz CT molecular complexity index is 1350. The normalized spacial score (nSPS) is 32.7. The van der Waals surface area contributed by atoms with Gasteiger partial charge in [0.05, 0.1) is 30.3 Å². The molecule has 2 aliphatic rings. The van der Waals surface area contributed by atoms with Crippen molar-refractivity contribution in [3.05, 3.63) is 54.0 Å². The molecule has 5 rings (SSSR count). The minimum absolute atomic E-state index is 0.0193. The highest BCUT2D eigenvalue weighted by molar-refractivity contribution is 7.48. The maximum atomic E-state index is 13.5. The Balaban J connectivity index is 1.32. The van der Waals surface area contributed by atoms with Crippen LogP contribution in [0.4, 0.5) is 19.0 Å². The van der Waals surface area contributed by atoms with Gasteiger partial charge in [0, 0.05) is 12.6 Å². The molecule has 11 nitrogen and oxygen atoms in total. The third-order valence-electron chi connectivity index (χ3n) is 6.44. The summed E-state index contributed by atoms with van der Waals surface area (Å²) in [5.41, 5.74) is 3.27. The molecule has 0 saturated carbocycles. The lowest BCUT2D eigenvalue weighted by molar-refractivity contribution is -0.139. The number of halogens is 3. The van der Waals surface area contributed by atoms with Crippen LogP contribution in [0.1, 0.15) is 36.8 Å². The maximum absolute atomic E-state index is 13.5. The average Bonchev–Trinajstić information content (AvgIpc) is 3.37. The van der Waals surface area contributed by atoms with E-state index >= 15 is 0 Å². The zero-order chi connectivity index (χ0) is 26.6. The summed E-state index contributed by atoms with van der Waals surface area (Å²) in [6, 6.07) is 6.45. The predicted octanol–water partition coefficient (Wildman–Crippen LogP) is 3.34. The van der Waals surface area contributed by atoms with E-state index in [0.717, 1.165) is 6.07 Å². The van der Waals surface area contributed by atoms with Gasteiger partial charge in [-0.05, 0) is 24.6 Å². The number of aromatic nitrogens is 3. The largest absolute Gasteiger partial charge is 0.475 e. The van der Waals surface area contributed by atoms with Gasteiger partial charge in [-0.25, -0.2) is 14.5 Å². The molecule has 2 aromatic heterocycles. The van der Waals surface area contributed by atoms with Crippen molar-refractivity contribution in [1.82, 2.24) is 14.5 Å². The fourth-order valence-electron chi connectivity index (χ4n) is 4.55. The van der Waals surface area contributed by atoms with Crippen LogP contribution in [0.5, 0.6) is 0 Å². The number of aliphatic hydroxyl groups is 2. The van der Waals surface area contributed by atoms with E-state index in [2.05, 4.69) is 9.97 Å². The maximum Gasteiger partial charge on any atom is 0.475 e. The van der Waals surface area contributed by atoms with Crippen LogP contribution >= 0.6 is 7.82 Å². The second-order valence-corrected chi connectivity index (χ2v) is 10.6. The van der Waals surface area contributed by atoms with Gasteiger partial charge in [-0.15, -0.1) is 0 Å². The van der Waals surface area contributed by atoms with Crippen molar-refractivity contribution in [3.63, 3.8) is 0 Å². The molecule has 0 amide bonds. The van der Waals surface area contributed by atoms with E-state index in [0.29, 0.717) is 11.0 Å². The molecule has 3 aromatic rings. The van der Waals surface area contributed by atoms with Crippen LogP contribution in [0.2, 0.25) is 0 Å². The van der Waals surface area contributed by atoms with Crippen LogP contribution in [0, 0.1) is 0 Å². The van der Waals surface area contributed by atoms with Gasteiger partial charge in [0.15, 0.2) is 6.23 Å². The summed E-state index contributed by atoms with van der Waals surface area (Å²) < 4.78 is 76.7. The van der Waals surface area contributed by atoms with Crippen LogP contribution in [-0.4, -0.2) is 55.8 Å². The summed E-state index contributed by atoms with van der Waals surface area (Å²) in [5, 5.41) is 22.3. The van der Waals surface area contributed by atoms with Gasteiger partial charge in [0.25, 0.3) is 0 Å². The van der Waals surface area contributed by atoms with Crippen molar-refractivity contribution < 1.29 is 46.3 Å². The van der Waals surface area contributed by atoms with E-state index in [9.17, 15) is 27.9 Å². The summed E-state index contributed by atoms with van der Waals surface area (Å²) in [6.07, 6.45) is -6.85. The van der Waals surface area contributed by atoms with Crippen LogP contribution in [0.3, 0.4) is 0 Å². The first-order valence-electron chi connectivity index (χ1n) is 11.3. The van der Waals surface area contributed by atoms with Crippen molar-refractivity contribution in [2.24, 2.45) is 0 Å². The second kappa shape index (κ2) is 9.31. The standard InChI is InChI=1S/C22H24F3N4O7P/c1-21(31)17(30)16(35-20(21)29-8-6-13-18(26)27-11-28-19(13)29)10-34-37(32)33-9-7-15(36-37)12-4-2-3-5-14(12)22(23,24)25/h2-6,8,11,15-17,20,30-31H,7,9-10H2,1H3,(H2,26,27,28)/t15-,16-,17-,20-,21-,37?/m1/s1. The third kappa shape index (κ3) is 4.74. The lowest BCUT2D eigenvalue weighted by Gasteiger charge is -2.31. The van der Waals surface area contributed by atoms with Crippen molar-refractivity contribution in [1.29, 1.82) is 0 Å². The molecule has 0 bridgehead atoms. The number of hydrogen-bond acceptors (Lipinski definition) is 10. The molecule has 200 valence electrons. The zero-order valence-corrected chi connectivity index (χ0v) is 20.3. The van der Waals surface area contributed by atoms with Crippen LogP contribution in [0.25, 0.3) is 11.0 Å². The molecule has 1 aromatic carbocycles. The molecule has 15 heteroatoms. The highest BCUT2D eigenvalue weighted by atomic mass is 31.2. The van der Waals surface area contributed by atoms with E-state index < -0.39 is 56.3 Å². The van der Waals surface area contributed by atoms with Gasteiger partial charge in [-0.3, -0.25) is 13.6 Å². The summed E-state index contributed by atoms with van der Waals surface area (Å²) in [6.45, 7) is 0.618. The number of phosphoric acid groups is 1. The lowest BCUT2D eigenvalue weighted by atomic mass is 9.96. The number of aliphatic hydroxyl groups excluding tert-OH is 1. The van der Waals surface area contributed by atoms with E-state index in [1.807, 2.05) is 0 Å². The molecule has 4 N–H and O–H groups in total. The summed E-state index contributed by atoms with van der Waals surface area (Å²) in [4.78, 5) is 8.07.